The third kappa shape index (κ3) is 3.84. The van der Waals surface area contributed by atoms with Gasteiger partial charge < -0.3 is 15.5 Å². The average molecular weight is 453 g/mol. The Kier molecular flexibility index (Phi) is 4.73. The minimum absolute atomic E-state index is 0.174. The zero-order valence-corrected chi connectivity index (χ0v) is 17.4. The van der Waals surface area contributed by atoms with E-state index in [4.69, 9.17) is 5.73 Å². The van der Waals surface area contributed by atoms with Crippen LogP contribution in [0, 0.1) is 0 Å². The quantitative estimate of drug-likeness (QED) is 0.430. The van der Waals surface area contributed by atoms with Crippen LogP contribution in [0.2, 0.25) is 0 Å². The summed E-state index contributed by atoms with van der Waals surface area (Å²) in [6.07, 6.45) is -0.774. The molecule has 0 amide bonds. The van der Waals surface area contributed by atoms with Crippen molar-refractivity contribution in [1.29, 1.82) is 0 Å². The topological polar surface area (TPSA) is 98.8 Å². The van der Waals surface area contributed by atoms with E-state index in [0.29, 0.717) is 16.8 Å². The molecule has 0 aliphatic heterocycles. The van der Waals surface area contributed by atoms with E-state index in [1.165, 1.54) is 29.1 Å². The second-order valence-corrected chi connectivity index (χ2v) is 7.68. The maximum absolute atomic E-state index is 13.1. The van der Waals surface area contributed by atoms with Gasteiger partial charge in [-0.2, -0.15) is 5.10 Å². The first-order valence-corrected chi connectivity index (χ1v) is 10.2. The van der Waals surface area contributed by atoms with Crippen molar-refractivity contribution in [2.75, 3.05) is 5.73 Å². The molecule has 0 saturated heterocycles. The number of alkyl halides is 3. The Hall–Kier alpha value is -4.08. The Morgan fingerprint density at radius 2 is 2.06 bits per heavy atom. The fraction of sp³-hybridized carbons (Fsp3) is 0.174. The van der Waals surface area contributed by atoms with Crippen molar-refractivity contribution < 1.29 is 22.7 Å². The van der Waals surface area contributed by atoms with E-state index >= 15 is 0 Å². The molecular formula is C23H18F3N5O2. The van der Waals surface area contributed by atoms with Gasteiger partial charge in [0.1, 0.15) is 17.4 Å². The van der Waals surface area contributed by atoms with Crippen LogP contribution in [0.1, 0.15) is 34.2 Å². The van der Waals surface area contributed by atoms with Gasteiger partial charge in [0.05, 0.1) is 28.5 Å². The minimum Gasteiger partial charge on any atom is -0.406 e. The van der Waals surface area contributed by atoms with Crippen molar-refractivity contribution in [2.24, 2.45) is 0 Å². The van der Waals surface area contributed by atoms with Gasteiger partial charge in [0, 0.05) is 18.4 Å². The number of anilines is 1. The van der Waals surface area contributed by atoms with E-state index in [0.717, 1.165) is 28.8 Å². The highest BCUT2D eigenvalue weighted by molar-refractivity contribution is 6.15. The molecule has 0 saturated carbocycles. The van der Waals surface area contributed by atoms with Gasteiger partial charge in [-0.15, -0.1) is 13.2 Å². The number of ketones is 1. The number of carbonyl (C=O) groups is 1. The number of hydrogen-bond acceptors (Lipinski definition) is 5. The second kappa shape index (κ2) is 7.51. The van der Waals surface area contributed by atoms with Gasteiger partial charge in [-0.3, -0.25) is 4.79 Å². The molecule has 2 heterocycles. The van der Waals surface area contributed by atoms with Gasteiger partial charge in [0.2, 0.25) is 0 Å². The van der Waals surface area contributed by atoms with Gasteiger partial charge in [0.25, 0.3) is 0 Å². The van der Waals surface area contributed by atoms with E-state index in [1.54, 1.807) is 6.08 Å². The number of rotatable bonds is 5. The first-order chi connectivity index (χ1) is 15.7. The van der Waals surface area contributed by atoms with E-state index in [1.807, 2.05) is 25.1 Å². The number of allylic oxidation sites excluding steroid dienone is 1. The number of halogens is 3. The smallest absolute Gasteiger partial charge is 0.406 e. The molecule has 4 aromatic rings. The maximum Gasteiger partial charge on any atom is 0.573 e. The summed E-state index contributed by atoms with van der Waals surface area (Å²) < 4.78 is 42.9. The van der Waals surface area contributed by atoms with E-state index in [2.05, 4.69) is 19.8 Å². The van der Waals surface area contributed by atoms with E-state index in [-0.39, 0.29) is 29.3 Å². The summed E-state index contributed by atoms with van der Waals surface area (Å²) in [4.78, 5) is 20.8. The van der Waals surface area contributed by atoms with Crippen molar-refractivity contribution in [3.8, 4) is 11.4 Å². The number of aryl methyl sites for hydroxylation is 1. The van der Waals surface area contributed by atoms with Crippen LogP contribution in [0.4, 0.5) is 19.0 Å². The lowest BCUT2D eigenvalue weighted by Crippen LogP contribution is -2.17. The fourth-order valence-corrected chi connectivity index (χ4v) is 3.92. The van der Waals surface area contributed by atoms with E-state index < -0.39 is 6.36 Å². The van der Waals surface area contributed by atoms with Gasteiger partial charge in [0.15, 0.2) is 5.78 Å². The van der Waals surface area contributed by atoms with Crippen LogP contribution in [0.3, 0.4) is 0 Å². The Labute approximate surface area is 185 Å². The van der Waals surface area contributed by atoms with Crippen LogP contribution < -0.4 is 10.5 Å². The number of aromatic amines is 1. The summed E-state index contributed by atoms with van der Waals surface area (Å²) in [5, 5.41) is 4.28. The van der Waals surface area contributed by atoms with Gasteiger partial charge in [-0.05, 0) is 47.5 Å². The van der Waals surface area contributed by atoms with Crippen LogP contribution in [-0.2, 0) is 12.8 Å². The zero-order valence-electron chi connectivity index (χ0n) is 17.4. The van der Waals surface area contributed by atoms with Crippen LogP contribution in [0.5, 0.6) is 5.75 Å². The third-order valence-corrected chi connectivity index (χ3v) is 5.50. The molecular weight excluding hydrogens is 435 g/mol. The molecule has 2 aromatic carbocycles. The van der Waals surface area contributed by atoms with Crippen molar-refractivity contribution in [3.63, 3.8) is 0 Å². The Balaban J connectivity index is 1.42. The number of H-pyrrole nitrogens is 1. The summed E-state index contributed by atoms with van der Waals surface area (Å²) in [5.74, 6) is 0.374. The molecule has 0 unspecified atom stereocenters. The van der Waals surface area contributed by atoms with Crippen molar-refractivity contribution >= 4 is 28.7 Å². The summed E-state index contributed by atoms with van der Waals surface area (Å²) in [6, 6.07) is 9.53. The molecule has 0 atom stereocenters. The standard InChI is InChI=1S/C23H18F3N5O2/c1-2-20-29-18-6-4-15(10-19(18)30-20)31-22(27)17(11-28-31)21(32)14-7-12-3-5-16(9-13(12)8-14)33-23(24,25)26/h3-6,8-11H,2,7,27H2,1H3,(H,29,30). The molecule has 168 valence electrons. The molecule has 0 radical (unpaired) electrons. The number of Topliss-reactive ketones (excluding diaryl/α,β-unsaturated/α-hetero) is 1. The molecule has 1 aliphatic carbocycles. The number of aromatic nitrogens is 4. The lowest BCUT2D eigenvalue weighted by Gasteiger charge is -2.09. The molecule has 3 N–H and O–H groups in total. The largest absolute Gasteiger partial charge is 0.573 e. The van der Waals surface area contributed by atoms with Crippen LogP contribution in [0.15, 0.2) is 48.2 Å². The van der Waals surface area contributed by atoms with Crippen LogP contribution >= 0.6 is 0 Å². The Morgan fingerprint density at radius 1 is 1.24 bits per heavy atom. The molecule has 0 fully saturated rings. The number of benzene rings is 2. The Morgan fingerprint density at radius 3 is 2.82 bits per heavy atom. The first kappa shape index (κ1) is 20.8. The molecule has 0 spiro atoms. The van der Waals surface area contributed by atoms with Gasteiger partial charge in [-0.25, -0.2) is 9.67 Å². The molecule has 0 bridgehead atoms. The van der Waals surface area contributed by atoms with Crippen LogP contribution in [0.25, 0.3) is 22.8 Å². The number of hydrogen-bond donors (Lipinski definition) is 2. The molecule has 2 aromatic heterocycles. The van der Waals surface area contributed by atoms with Crippen LogP contribution in [-0.4, -0.2) is 31.9 Å². The minimum atomic E-state index is -4.78. The number of carbonyl (C=O) groups excluding carboxylic acids is 1. The SMILES string of the molecule is CCc1nc2ccc(-n3ncc(C(=O)C4=Cc5cc(OC(F)(F)F)ccc5C4)c3N)cc2[nH]1. The highest BCUT2D eigenvalue weighted by Crippen LogP contribution is 2.33. The first-order valence-electron chi connectivity index (χ1n) is 10.2. The lowest BCUT2D eigenvalue weighted by molar-refractivity contribution is -0.274. The number of nitrogens with one attached hydrogen (secondary N) is 1. The average Bonchev–Trinajstić information content (AvgIpc) is 3.47. The highest BCUT2D eigenvalue weighted by Gasteiger charge is 2.32. The monoisotopic (exact) mass is 453 g/mol. The highest BCUT2D eigenvalue weighted by atomic mass is 19.4. The number of nitrogens with zero attached hydrogens (tertiary/aromatic N) is 3. The van der Waals surface area contributed by atoms with E-state index in [9.17, 15) is 18.0 Å². The summed E-state index contributed by atoms with van der Waals surface area (Å²) >= 11 is 0. The number of nitrogen functional groups attached to an aromatic ring is 1. The third-order valence-electron chi connectivity index (χ3n) is 5.50. The van der Waals surface area contributed by atoms with Gasteiger partial charge in [-0.1, -0.05) is 13.0 Å². The van der Waals surface area contributed by atoms with Crippen molar-refractivity contribution in [1.82, 2.24) is 19.7 Å². The number of imidazole rings is 1. The molecule has 5 rings (SSSR count). The summed E-state index contributed by atoms with van der Waals surface area (Å²) in [5.41, 5.74) is 10.5. The predicted molar refractivity (Wildman–Crippen MR) is 116 cm³/mol. The normalized spacial score (nSPS) is 13.3. The number of fused-ring (bicyclic) bond motifs is 2. The van der Waals surface area contributed by atoms with Gasteiger partial charge >= 0.3 is 6.36 Å². The second-order valence-electron chi connectivity index (χ2n) is 7.68. The Bertz CT molecular complexity index is 1430. The summed E-state index contributed by atoms with van der Waals surface area (Å²) in [7, 11) is 0. The fourth-order valence-electron chi connectivity index (χ4n) is 3.92. The summed E-state index contributed by atoms with van der Waals surface area (Å²) in [6.45, 7) is 2.00. The molecule has 1 aliphatic rings. The lowest BCUT2D eigenvalue weighted by atomic mass is 10.0. The molecule has 33 heavy (non-hydrogen) atoms. The number of ether oxygens (including phenoxy) is 1. The maximum atomic E-state index is 13.1. The van der Waals surface area contributed by atoms with Crippen molar-refractivity contribution in [2.45, 2.75) is 26.1 Å². The van der Waals surface area contributed by atoms with Crippen molar-refractivity contribution in [3.05, 3.63) is 70.7 Å². The molecule has 10 heteroatoms. The molecule has 7 nitrogen and oxygen atoms in total. The predicted octanol–water partition coefficient (Wildman–Crippen LogP) is 4.61. The number of nitrogens with two attached hydrogens (primary N) is 1. The zero-order chi connectivity index (χ0) is 23.3.